The van der Waals surface area contributed by atoms with E-state index in [1.165, 1.54) is 6.92 Å². The molecule has 0 saturated heterocycles. The van der Waals surface area contributed by atoms with E-state index in [4.69, 9.17) is 5.26 Å². The van der Waals surface area contributed by atoms with E-state index >= 15 is 0 Å². The Morgan fingerprint density at radius 1 is 1.28 bits per heavy atom. The van der Waals surface area contributed by atoms with Crippen molar-refractivity contribution >= 4 is 21.4 Å². The van der Waals surface area contributed by atoms with E-state index in [0.29, 0.717) is 4.31 Å². The van der Waals surface area contributed by atoms with Crippen molar-refractivity contribution in [2.75, 3.05) is 6.54 Å². The highest BCUT2D eigenvalue weighted by atomic mass is 32.2. The van der Waals surface area contributed by atoms with Crippen molar-refractivity contribution in [2.24, 2.45) is 0 Å². The molecule has 0 aliphatic heterocycles. The molecular weight excluding hydrogens is 380 g/mol. The molecule has 0 N–H and O–H groups in total. The summed E-state index contributed by atoms with van der Waals surface area (Å²) < 4.78 is 79.5. The third kappa shape index (κ3) is 4.00. The summed E-state index contributed by atoms with van der Waals surface area (Å²) in [7, 11) is -4.50. The summed E-state index contributed by atoms with van der Waals surface area (Å²) in [5.41, 5.74) is -0.393. The van der Waals surface area contributed by atoms with E-state index in [9.17, 15) is 26.0 Å². The molecule has 1 unspecified atom stereocenters. The third-order valence-corrected chi connectivity index (χ3v) is 6.29. The van der Waals surface area contributed by atoms with Crippen LogP contribution in [0.15, 0.2) is 40.6 Å². The van der Waals surface area contributed by atoms with Crippen LogP contribution in [0.5, 0.6) is 0 Å². The van der Waals surface area contributed by atoms with Crippen LogP contribution < -0.4 is 0 Å². The number of nitriles is 1. The molecule has 0 aliphatic carbocycles. The van der Waals surface area contributed by atoms with Gasteiger partial charge in [0.05, 0.1) is 4.90 Å². The molecule has 1 heterocycles. The summed E-state index contributed by atoms with van der Waals surface area (Å²) in [4.78, 5) is -0.313. The third-order valence-electron chi connectivity index (χ3n) is 3.39. The quantitative estimate of drug-likeness (QED) is 0.721. The number of alkyl halides is 3. The van der Waals surface area contributed by atoms with Gasteiger partial charge in [-0.2, -0.15) is 22.7 Å². The van der Waals surface area contributed by atoms with Gasteiger partial charge in [0.15, 0.2) is 0 Å². The maximum absolute atomic E-state index is 13.6. The van der Waals surface area contributed by atoms with Gasteiger partial charge in [-0.3, -0.25) is 0 Å². The lowest BCUT2D eigenvalue weighted by Crippen LogP contribution is -2.42. The van der Waals surface area contributed by atoms with Crippen molar-refractivity contribution in [1.82, 2.24) is 4.31 Å². The van der Waals surface area contributed by atoms with Gasteiger partial charge in [0, 0.05) is 11.9 Å². The van der Waals surface area contributed by atoms with Crippen LogP contribution >= 0.6 is 11.3 Å². The van der Waals surface area contributed by atoms with Gasteiger partial charge in [0.1, 0.15) is 22.8 Å². The van der Waals surface area contributed by atoms with Gasteiger partial charge in [0.25, 0.3) is 0 Å². The Kier molecular flexibility index (Phi) is 5.51. The molecule has 0 amide bonds. The molecule has 0 spiro atoms. The van der Waals surface area contributed by atoms with E-state index in [1.54, 1.807) is 6.07 Å². The Labute approximate surface area is 146 Å². The highest BCUT2D eigenvalue weighted by molar-refractivity contribution is 7.89. The maximum atomic E-state index is 13.6. The van der Waals surface area contributed by atoms with Crippen molar-refractivity contribution in [3.05, 3.63) is 52.0 Å². The van der Waals surface area contributed by atoms with Crippen LogP contribution in [0.1, 0.15) is 23.4 Å². The van der Waals surface area contributed by atoms with Gasteiger partial charge in [-0.15, -0.1) is 11.3 Å². The monoisotopic (exact) mass is 392 g/mol. The Morgan fingerprint density at radius 3 is 2.32 bits per heavy atom. The molecule has 2 aromatic rings. The zero-order valence-electron chi connectivity index (χ0n) is 12.8. The normalized spacial score (nSPS) is 13.6. The molecule has 0 bridgehead atoms. The topological polar surface area (TPSA) is 61.2 Å². The molecular formula is C15H12F4N2O2S2. The first kappa shape index (κ1) is 19.4. The Balaban J connectivity index is 2.57. The summed E-state index contributed by atoms with van der Waals surface area (Å²) in [6, 6.07) is 3.80. The van der Waals surface area contributed by atoms with Crippen molar-refractivity contribution < 1.29 is 26.0 Å². The first-order valence-corrected chi connectivity index (χ1v) is 9.26. The summed E-state index contributed by atoms with van der Waals surface area (Å²) in [5, 5.41) is 9.91. The first-order valence-electron chi connectivity index (χ1n) is 6.94. The van der Waals surface area contributed by atoms with Gasteiger partial charge in [0.2, 0.25) is 10.0 Å². The van der Waals surface area contributed by atoms with Gasteiger partial charge in [-0.25, -0.2) is 12.8 Å². The van der Waals surface area contributed by atoms with Gasteiger partial charge in [-0.05, 0) is 23.8 Å². The minimum absolute atomic E-state index is 0.0694. The fraction of sp³-hybridized carbons (Fsp3) is 0.267. The zero-order chi connectivity index (χ0) is 18.8. The Bertz CT molecular complexity index is 883. The number of hydrogen-bond donors (Lipinski definition) is 0. The second-order valence-electron chi connectivity index (χ2n) is 4.96. The van der Waals surface area contributed by atoms with Crippen LogP contribution in [0.25, 0.3) is 0 Å². The van der Waals surface area contributed by atoms with Crippen LogP contribution in [0.2, 0.25) is 0 Å². The van der Waals surface area contributed by atoms with Gasteiger partial charge < -0.3 is 0 Å². The highest BCUT2D eigenvalue weighted by Gasteiger charge is 2.48. The average molecular weight is 392 g/mol. The molecule has 4 nitrogen and oxygen atoms in total. The molecule has 25 heavy (non-hydrogen) atoms. The predicted octanol–water partition coefficient (Wildman–Crippen LogP) is 4.07. The van der Waals surface area contributed by atoms with Crippen LogP contribution in [-0.4, -0.2) is 25.4 Å². The molecule has 0 aliphatic rings. The second-order valence-corrected chi connectivity index (χ2v) is 7.76. The largest absolute Gasteiger partial charge is 0.409 e. The Hall–Kier alpha value is -1.96. The number of sulfonamides is 1. The molecule has 134 valence electrons. The fourth-order valence-corrected chi connectivity index (χ4v) is 4.96. The SMILES string of the molecule is CCN(C(c1ccc(F)cc1)C(F)(F)F)S(=O)(=O)c1csc(C#N)c1. The molecule has 0 radical (unpaired) electrons. The predicted molar refractivity (Wildman–Crippen MR) is 83.8 cm³/mol. The van der Waals surface area contributed by atoms with Crippen LogP contribution in [0.4, 0.5) is 17.6 Å². The average Bonchev–Trinajstić information content (AvgIpc) is 3.02. The van der Waals surface area contributed by atoms with E-state index in [2.05, 4.69) is 0 Å². The second kappa shape index (κ2) is 7.11. The van der Waals surface area contributed by atoms with E-state index < -0.39 is 40.2 Å². The number of hydrogen-bond acceptors (Lipinski definition) is 4. The molecule has 1 aromatic heterocycles. The van der Waals surface area contributed by atoms with Gasteiger partial charge in [-0.1, -0.05) is 19.1 Å². The number of thiophene rings is 1. The van der Waals surface area contributed by atoms with Crippen LogP contribution in [0, 0.1) is 17.1 Å². The van der Waals surface area contributed by atoms with E-state index in [-0.39, 0.29) is 9.77 Å². The minimum atomic E-state index is -4.91. The fourth-order valence-electron chi connectivity index (χ4n) is 2.30. The lowest BCUT2D eigenvalue weighted by atomic mass is 10.1. The zero-order valence-corrected chi connectivity index (χ0v) is 14.4. The number of rotatable bonds is 5. The van der Waals surface area contributed by atoms with E-state index in [1.807, 2.05) is 0 Å². The molecule has 0 saturated carbocycles. The standard InChI is InChI=1S/C15H12F4N2O2S2/c1-2-21(25(22,23)13-7-12(8-20)24-9-13)14(15(17,18)19)10-3-5-11(16)6-4-10/h3-7,9,14H,2H2,1H3. The smallest absolute Gasteiger partial charge is 0.207 e. The number of nitrogens with zero attached hydrogens (tertiary/aromatic N) is 2. The lowest BCUT2D eigenvalue weighted by Gasteiger charge is -2.31. The summed E-state index contributed by atoms with van der Waals surface area (Å²) in [6.45, 7) is 0.818. The van der Waals surface area contributed by atoms with Crippen molar-refractivity contribution in [2.45, 2.75) is 24.0 Å². The van der Waals surface area contributed by atoms with Crippen molar-refractivity contribution in [3.8, 4) is 6.07 Å². The molecule has 0 fully saturated rings. The van der Waals surface area contributed by atoms with Crippen molar-refractivity contribution in [1.29, 1.82) is 5.26 Å². The van der Waals surface area contributed by atoms with Crippen LogP contribution in [-0.2, 0) is 10.0 Å². The van der Waals surface area contributed by atoms with E-state index in [0.717, 1.165) is 47.0 Å². The van der Waals surface area contributed by atoms with Crippen molar-refractivity contribution in [3.63, 3.8) is 0 Å². The maximum Gasteiger partial charge on any atom is 0.409 e. The first-order chi connectivity index (χ1) is 11.6. The molecule has 1 atom stereocenters. The van der Waals surface area contributed by atoms with Crippen LogP contribution in [0.3, 0.4) is 0 Å². The lowest BCUT2D eigenvalue weighted by molar-refractivity contribution is -0.173. The molecule has 10 heteroatoms. The molecule has 2 rings (SSSR count). The Morgan fingerprint density at radius 2 is 1.88 bits per heavy atom. The molecule has 1 aromatic carbocycles. The summed E-state index contributed by atoms with van der Waals surface area (Å²) in [5.74, 6) is -0.730. The minimum Gasteiger partial charge on any atom is -0.207 e. The number of benzene rings is 1. The van der Waals surface area contributed by atoms with Gasteiger partial charge >= 0.3 is 6.18 Å². The number of halogens is 4. The summed E-state index contributed by atoms with van der Waals surface area (Å²) in [6.07, 6.45) is -4.91. The summed E-state index contributed by atoms with van der Waals surface area (Å²) >= 11 is 0.824. The highest BCUT2D eigenvalue weighted by Crippen LogP contribution is 2.40.